The summed E-state index contributed by atoms with van der Waals surface area (Å²) in [6, 6.07) is 6.28. The van der Waals surface area contributed by atoms with E-state index in [-0.39, 0.29) is 29.5 Å². The molecule has 92 valence electrons. The number of Topliss-reactive ketones (excluding diaryl/α,β-unsaturated/α-hetero) is 2. The molecule has 0 aromatic carbocycles. The van der Waals surface area contributed by atoms with E-state index in [1.807, 2.05) is 0 Å². The summed E-state index contributed by atoms with van der Waals surface area (Å²) in [4.78, 5) is 24.3. The van der Waals surface area contributed by atoms with Crippen LogP contribution in [-0.4, -0.2) is 11.6 Å². The number of hydrogen-bond acceptors (Lipinski definition) is 4. The highest BCUT2D eigenvalue weighted by Gasteiger charge is 2.30. The fraction of sp³-hybridized carbons (Fsp3) is 0.143. The zero-order chi connectivity index (χ0) is 13.0. The number of carbonyl (C=O) groups is 2. The SMILES string of the molecule is C=CCC(C(=O)c1ccco1)C(=O)c1ccco1. The zero-order valence-corrected chi connectivity index (χ0v) is 9.67. The molecule has 0 bridgehead atoms. The largest absolute Gasteiger partial charge is 0.461 e. The van der Waals surface area contributed by atoms with Crippen LogP contribution in [0.5, 0.6) is 0 Å². The van der Waals surface area contributed by atoms with Gasteiger partial charge in [0.1, 0.15) is 0 Å². The summed E-state index contributed by atoms with van der Waals surface area (Å²) >= 11 is 0. The molecular weight excluding hydrogens is 232 g/mol. The van der Waals surface area contributed by atoms with Crippen molar-refractivity contribution in [3.63, 3.8) is 0 Å². The van der Waals surface area contributed by atoms with Gasteiger partial charge in [-0.25, -0.2) is 0 Å². The Bertz CT molecular complexity index is 488. The minimum absolute atomic E-state index is 0.168. The summed E-state index contributed by atoms with van der Waals surface area (Å²) < 4.78 is 10.0. The normalized spacial score (nSPS) is 10.5. The summed E-state index contributed by atoms with van der Waals surface area (Å²) in [7, 11) is 0. The van der Waals surface area contributed by atoms with Crippen LogP contribution in [0.4, 0.5) is 0 Å². The second-order valence-electron chi connectivity index (χ2n) is 3.76. The molecule has 0 saturated heterocycles. The molecule has 0 saturated carbocycles. The van der Waals surface area contributed by atoms with Gasteiger partial charge in [-0.3, -0.25) is 9.59 Å². The number of carbonyl (C=O) groups excluding carboxylic acids is 2. The molecule has 2 rings (SSSR count). The van der Waals surface area contributed by atoms with Crippen LogP contribution in [0.15, 0.2) is 58.3 Å². The van der Waals surface area contributed by atoms with Crippen LogP contribution in [0.2, 0.25) is 0 Å². The van der Waals surface area contributed by atoms with Crippen molar-refractivity contribution in [2.75, 3.05) is 0 Å². The highest BCUT2D eigenvalue weighted by Crippen LogP contribution is 2.19. The standard InChI is InChI=1S/C14H12O4/c1-2-5-10(13(15)11-6-3-8-17-11)14(16)12-7-4-9-18-12/h2-4,6-10H,1,5H2. The molecule has 0 aliphatic heterocycles. The van der Waals surface area contributed by atoms with E-state index >= 15 is 0 Å². The third kappa shape index (κ3) is 2.32. The molecule has 2 aromatic heterocycles. The van der Waals surface area contributed by atoms with Crippen molar-refractivity contribution in [2.45, 2.75) is 6.42 Å². The highest BCUT2D eigenvalue weighted by atomic mass is 16.3. The van der Waals surface area contributed by atoms with E-state index in [2.05, 4.69) is 6.58 Å². The maximum Gasteiger partial charge on any atom is 0.209 e. The maximum absolute atomic E-state index is 12.1. The molecule has 0 amide bonds. The first-order chi connectivity index (χ1) is 8.74. The van der Waals surface area contributed by atoms with Crippen LogP contribution in [0.1, 0.15) is 27.5 Å². The number of allylic oxidation sites excluding steroid dienone is 1. The van der Waals surface area contributed by atoms with Crippen molar-refractivity contribution in [1.29, 1.82) is 0 Å². The molecule has 0 unspecified atom stereocenters. The van der Waals surface area contributed by atoms with Crippen LogP contribution < -0.4 is 0 Å². The lowest BCUT2D eigenvalue weighted by atomic mass is 9.92. The average molecular weight is 244 g/mol. The van der Waals surface area contributed by atoms with E-state index in [0.717, 1.165) is 0 Å². The number of hydrogen-bond donors (Lipinski definition) is 0. The van der Waals surface area contributed by atoms with Gasteiger partial charge in [0.2, 0.25) is 11.6 Å². The maximum atomic E-state index is 12.1. The molecule has 0 fully saturated rings. The van der Waals surface area contributed by atoms with E-state index in [0.29, 0.717) is 0 Å². The molecule has 18 heavy (non-hydrogen) atoms. The van der Waals surface area contributed by atoms with Crippen molar-refractivity contribution in [2.24, 2.45) is 5.92 Å². The monoisotopic (exact) mass is 244 g/mol. The molecule has 0 N–H and O–H groups in total. The summed E-state index contributed by atoms with van der Waals surface area (Å²) in [6.07, 6.45) is 4.58. The van der Waals surface area contributed by atoms with Gasteiger partial charge in [0.05, 0.1) is 18.4 Å². The molecule has 2 heterocycles. The molecule has 4 heteroatoms. The number of ketones is 2. The van der Waals surface area contributed by atoms with Crippen LogP contribution in [-0.2, 0) is 0 Å². The number of rotatable bonds is 6. The van der Waals surface area contributed by atoms with Crippen molar-refractivity contribution in [1.82, 2.24) is 0 Å². The van der Waals surface area contributed by atoms with Gasteiger partial charge < -0.3 is 8.83 Å². The summed E-state index contributed by atoms with van der Waals surface area (Å²) in [5.41, 5.74) is 0. The summed E-state index contributed by atoms with van der Waals surface area (Å²) in [5, 5.41) is 0. The molecule has 0 aliphatic carbocycles. The smallest absolute Gasteiger partial charge is 0.209 e. The Hall–Kier alpha value is -2.36. The van der Waals surface area contributed by atoms with Crippen molar-refractivity contribution in [3.8, 4) is 0 Å². The molecule has 0 radical (unpaired) electrons. The Morgan fingerprint density at radius 2 is 1.61 bits per heavy atom. The van der Waals surface area contributed by atoms with Gasteiger partial charge in [-0.1, -0.05) is 6.08 Å². The Labute approximate surface area is 104 Å². The molecule has 2 aromatic rings. The molecule has 0 spiro atoms. The fourth-order valence-electron chi connectivity index (χ4n) is 1.68. The third-order valence-corrected chi connectivity index (χ3v) is 2.56. The second-order valence-corrected chi connectivity index (χ2v) is 3.76. The van der Waals surface area contributed by atoms with Crippen molar-refractivity contribution >= 4 is 11.6 Å². The van der Waals surface area contributed by atoms with E-state index < -0.39 is 5.92 Å². The predicted octanol–water partition coefficient (Wildman–Crippen LogP) is 3.13. The Morgan fingerprint density at radius 1 is 1.11 bits per heavy atom. The van der Waals surface area contributed by atoms with Gasteiger partial charge in [-0.2, -0.15) is 0 Å². The minimum atomic E-state index is -0.847. The van der Waals surface area contributed by atoms with E-state index in [4.69, 9.17) is 8.83 Å². The first-order valence-corrected chi connectivity index (χ1v) is 5.50. The molecule has 0 aliphatic rings. The van der Waals surface area contributed by atoms with Gasteiger partial charge in [-0.15, -0.1) is 6.58 Å². The number of furan rings is 2. The van der Waals surface area contributed by atoms with Gasteiger partial charge in [0.15, 0.2) is 11.5 Å². The highest BCUT2D eigenvalue weighted by molar-refractivity contribution is 6.14. The van der Waals surface area contributed by atoms with E-state index in [1.165, 1.54) is 30.7 Å². The second kappa shape index (κ2) is 5.31. The van der Waals surface area contributed by atoms with E-state index in [1.54, 1.807) is 12.1 Å². The van der Waals surface area contributed by atoms with Gasteiger partial charge >= 0.3 is 0 Å². The lowest BCUT2D eigenvalue weighted by molar-refractivity contribution is 0.0776. The molecule has 4 nitrogen and oxygen atoms in total. The van der Waals surface area contributed by atoms with E-state index in [9.17, 15) is 9.59 Å². The van der Waals surface area contributed by atoms with Gasteiger partial charge in [0.25, 0.3) is 0 Å². The summed E-state index contributed by atoms with van der Waals surface area (Å²) in [6.45, 7) is 3.56. The Balaban J connectivity index is 2.26. The Kier molecular flexibility index (Phi) is 3.57. The third-order valence-electron chi connectivity index (χ3n) is 2.56. The van der Waals surface area contributed by atoms with Crippen LogP contribution in [0, 0.1) is 5.92 Å². The van der Waals surface area contributed by atoms with Crippen molar-refractivity contribution < 1.29 is 18.4 Å². The van der Waals surface area contributed by atoms with Crippen LogP contribution in [0.25, 0.3) is 0 Å². The first-order valence-electron chi connectivity index (χ1n) is 5.50. The molecule has 0 atom stereocenters. The van der Waals surface area contributed by atoms with Crippen LogP contribution in [0.3, 0.4) is 0 Å². The predicted molar refractivity (Wildman–Crippen MR) is 64.4 cm³/mol. The molecular formula is C14H12O4. The lowest BCUT2D eigenvalue weighted by Crippen LogP contribution is -2.23. The lowest BCUT2D eigenvalue weighted by Gasteiger charge is -2.09. The Morgan fingerprint density at radius 3 is 1.94 bits per heavy atom. The van der Waals surface area contributed by atoms with Gasteiger partial charge in [-0.05, 0) is 30.7 Å². The summed E-state index contributed by atoms with van der Waals surface area (Å²) in [5.74, 6) is -1.23. The fourth-order valence-corrected chi connectivity index (χ4v) is 1.68. The minimum Gasteiger partial charge on any atom is -0.461 e. The van der Waals surface area contributed by atoms with Crippen LogP contribution >= 0.6 is 0 Å². The van der Waals surface area contributed by atoms with Gasteiger partial charge in [0, 0.05) is 0 Å². The zero-order valence-electron chi connectivity index (χ0n) is 9.67. The quantitative estimate of drug-likeness (QED) is 0.445. The average Bonchev–Trinajstić information content (AvgIpc) is 3.04. The van der Waals surface area contributed by atoms with Crippen molar-refractivity contribution in [3.05, 3.63) is 61.0 Å². The first kappa shape index (κ1) is 12.1. The topological polar surface area (TPSA) is 60.4 Å².